The van der Waals surface area contributed by atoms with Gasteiger partial charge in [-0.3, -0.25) is 9.59 Å². The number of aliphatic hydroxyl groups excluding tert-OH is 1. The molecule has 182 valence electrons. The van der Waals surface area contributed by atoms with Crippen LogP contribution in [0.5, 0.6) is 17.2 Å². The van der Waals surface area contributed by atoms with Crippen molar-refractivity contribution in [3.05, 3.63) is 58.7 Å². The molecule has 1 N–H and O–H groups in total. The number of methoxy groups -OCH3 is 3. The van der Waals surface area contributed by atoms with E-state index in [1.807, 2.05) is 25.9 Å². The Labute approximate surface area is 200 Å². The first-order chi connectivity index (χ1) is 16.2. The third-order valence-corrected chi connectivity index (χ3v) is 5.97. The van der Waals surface area contributed by atoms with Crippen molar-refractivity contribution >= 4 is 17.4 Å². The van der Waals surface area contributed by atoms with Crippen molar-refractivity contribution in [3.8, 4) is 17.2 Å². The van der Waals surface area contributed by atoms with Crippen LogP contribution < -0.4 is 14.2 Å². The number of benzene rings is 2. The maximum Gasteiger partial charge on any atom is 0.295 e. The van der Waals surface area contributed by atoms with Crippen LogP contribution in [0, 0.1) is 6.92 Å². The van der Waals surface area contributed by atoms with Crippen LogP contribution in [-0.4, -0.2) is 75.1 Å². The van der Waals surface area contributed by atoms with Gasteiger partial charge in [0.2, 0.25) is 0 Å². The van der Waals surface area contributed by atoms with Gasteiger partial charge in [-0.05, 0) is 69.9 Å². The zero-order valence-electron chi connectivity index (χ0n) is 20.5. The maximum atomic E-state index is 13.3. The first-order valence-corrected chi connectivity index (χ1v) is 11.0. The van der Waals surface area contributed by atoms with Crippen molar-refractivity contribution < 1.29 is 28.9 Å². The van der Waals surface area contributed by atoms with E-state index in [1.54, 1.807) is 50.6 Å². The minimum absolute atomic E-state index is 0.0339. The van der Waals surface area contributed by atoms with Gasteiger partial charge in [-0.1, -0.05) is 0 Å². The molecule has 0 spiro atoms. The number of carbonyl (C=O) groups excluding carboxylic acids is 2. The average molecular weight is 469 g/mol. The van der Waals surface area contributed by atoms with Crippen LogP contribution in [0.3, 0.4) is 0 Å². The molecule has 1 fully saturated rings. The lowest BCUT2D eigenvalue weighted by atomic mass is 9.93. The number of nitrogens with zero attached hydrogens (tertiary/aromatic N) is 2. The smallest absolute Gasteiger partial charge is 0.295 e. The molecular formula is C26H32N2O6. The Hall–Kier alpha value is -3.52. The van der Waals surface area contributed by atoms with Gasteiger partial charge < -0.3 is 29.1 Å². The highest BCUT2D eigenvalue weighted by Crippen LogP contribution is 2.44. The lowest BCUT2D eigenvalue weighted by molar-refractivity contribution is -0.140. The number of amides is 1. The summed E-state index contributed by atoms with van der Waals surface area (Å²) in [5.74, 6) is 0.0789. The fourth-order valence-corrected chi connectivity index (χ4v) is 4.21. The van der Waals surface area contributed by atoms with E-state index >= 15 is 0 Å². The second-order valence-electron chi connectivity index (χ2n) is 8.44. The number of ketones is 1. The topological polar surface area (TPSA) is 88.5 Å². The summed E-state index contributed by atoms with van der Waals surface area (Å²) in [6.45, 7) is 2.90. The number of aryl methyl sites for hydroxylation is 1. The van der Waals surface area contributed by atoms with Gasteiger partial charge in [0.1, 0.15) is 23.0 Å². The van der Waals surface area contributed by atoms with Crippen molar-refractivity contribution in [2.75, 3.05) is 48.5 Å². The second-order valence-corrected chi connectivity index (χ2v) is 8.44. The lowest BCUT2D eigenvalue weighted by Gasteiger charge is -2.27. The van der Waals surface area contributed by atoms with E-state index in [1.165, 1.54) is 12.0 Å². The number of hydrogen-bond donors (Lipinski definition) is 1. The molecule has 1 atom stereocenters. The monoisotopic (exact) mass is 468 g/mol. The second kappa shape index (κ2) is 10.6. The highest BCUT2D eigenvalue weighted by atomic mass is 16.5. The third-order valence-electron chi connectivity index (χ3n) is 5.97. The summed E-state index contributed by atoms with van der Waals surface area (Å²) in [6.07, 6.45) is 0.663. The Morgan fingerprint density at radius 2 is 1.65 bits per heavy atom. The molecule has 0 bridgehead atoms. The summed E-state index contributed by atoms with van der Waals surface area (Å²) >= 11 is 0. The van der Waals surface area contributed by atoms with Gasteiger partial charge in [-0.2, -0.15) is 0 Å². The molecule has 1 aliphatic rings. The van der Waals surface area contributed by atoms with Crippen molar-refractivity contribution in [1.29, 1.82) is 0 Å². The molecule has 2 aromatic rings. The van der Waals surface area contributed by atoms with E-state index in [0.29, 0.717) is 41.3 Å². The van der Waals surface area contributed by atoms with E-state index in [4.69, 9.17) is 14.2 Å². The highest BCUT2D eigenvalue weighted by Gasteiger charge is 2.47. The molecular weight excluding hydrogens is 436 g/mol. The summed E-state index contributed by atoms with van der Waals surface area (Å²) in [5, 5.41) is 11.3. The molecule has 1 aliphatic heterocycles. The first-order valence-electron chi connectivity index (χ1n) is 11.0. The number of likely N-dealkylation sites (tertiary alicyclic amines) is 1. The lowest BCUT2D eigenvalue weighted by Crippen LogP contribution is -2.32. The van der Waals surface area contributed by atoms with Gasteiger partial charge >= 0.3 is 0 Å². The molecule has 8 nitrogen and oxygen atoms in total. The van der Waals surface area contributed by atoms with Gasteiger partial charge in [-0.15, -0.1) is 0 Å². The Bertz CT molecular complexity index is 1110. The van der Waals surface area contributed by atoms with Crippen LogP contribution in [0.15, 0.2) is 42.0 Å². The SMILES string of the molecule is COc1ccc(/C(O)=C2\C(=O)C(=O)N(CCCN(C)C)[C@H]2c2ccc(OC)cc2OC)c(C)c1. The molecule has 34 heavy (non-hydrogen) atoms. The van der Waals surface area contributed by atoms with E-state index in [0.717, 1.165) is 12.1 Å². The van der Waals surface area contributed by atoms with Crippen molar-refractivity contribution in [3.63, 3.8) is 0 Å². The molecule has 0 aliphatic carbocycles. The Morgan fingerprint density at radius 1 is 1.00 bits per heavy atom. The Morgan fingerprint density at radius 3 is 2.24 bits per heavy atom. The predicted octanol–water partition coefficient (Wildman–Crippen LogP) is 3.39. The molecule has 2 aromatic carbocycles. The van der Waals surface area contributed by atoms with E-state index in [9.17, 15) is 14.7 Å². The van der Waals surface area contributed by atoms with Crippen molar-refractivity contribution in [2.24, 2.45) is 0 Å². The van der Waals surface area contributed by atoms with E-state index in [-0.39, 0.29) is 11.3 Å². The van der Waals surface area contributed by atoms with Gasteiger partial charge in [0.05, 0.1) is 32.9 Å². The standard InChI is InChI=1S/C26H32N2O6/c1-16-14-17(32-4)8-10-19(16)24(29)22-23(20-11-9-18(33-5)15-21(20)34-6)28(26(31)25(22)30)13-7-12-27(2)3/h8-11,14-15,23,29H,7,12-13H2,1-6H3/b24-22+/t23-/m0/s1. The van der Waals surface area contributed by atoms with Crippen molar-refractivity contribution in [2.45, 2.75) is 19.4 Å². The van der Waals surface area contributed by atoms with Crippen molar-refractivity contribution in [1.82, 2.24) is 9.80 Å². The Balaban J connectivity index is 2.19. The van der Waals surface area contributed by atoms with Gasteiger partial charge in [0.25, 0.3) is 11.7 Å². The molecule has 1 heterocycles. The van der Waals surface area contributed by atoms with Gasteiger partial charge in [0.15, 0.2) is 0 Å². The average Bonchev–Trinajstić information content (AvgIpc) is 3.07. The molecule has 0 aromatic heterocycles. The molecule has 1 saturated heterocycles. The van der Waals surface area contributed by atoms with E-state index in [2.05, 4.69) is 0 Å². The van der Waals surface area contributed by atoms with Crippen LogP contribution in [0.4, 0.5) is 0 Å². The van der Waals surface area contributed by atoms with Gasteiger partial charge in [-0.25, -0.2) is 0 Å². The number of aliphatic hydroxyl groups is 1. The molecule has 0 unspecified atom stereocenters. The van der Waals surface area contributed by atoms with Crippen LogP contribution >= 0.6 is 0 Å². The number of carbonyl (C=O) groups is 2. The van der Waals surface area contributed by atoms with E-state index < -0.39 is 17.7 Å². The Kier molecular flexibility index (Phi) is 7.83. The first kappa shape index (κ1) is 25.1. The van der Waals surface area contributed by atoms with Crippen LogP contribution in [0.1, 0.15) is 29.2 Å². The summed E-state index contributed by atoms with van der Waals surface area (Å²) in [7, 11) is 8.52. The van der Waals surface area contributed by atoms with Crippen LogP contribution in [0.25, 0.3) is 5.76 Å². The number of Topliss-reactive ketones (excluding diaryl/α,β-unsaturated/α-hetero) is 1. The fraction of sp³-hybridized carbons (Fsp3) is 0.385. The molecule has 8 heteroatoms. The summed E-state index contributed by atoms with van der Waals surface area (Å²) in [5.41, 5.74) is 1.81. The zero-order chi connectivity index (χ0) is 25.0. The fourth-order valence-electron chi connectivity index (χ4n) is 4.21. The number of rotatable bonds is 9. The maximum absolute atomic E-state index is 13.3. The molecule has 3 rings (SSSR count). The summed E-state index contributed by atoms with van der Waals surface area (Å²) < 4.78 is 16.2. The summed E-state index contributed by atoms with van der Waals surface area (Å²) in [4.78, 5) is 29.9. The number of ether oxygens (including phenoxy) is 3. The largest absolute Gasteiger partial charge is 0.507 e. The molecule has 0 saturated carbocycles. The normalized spacial score (nSPS) is 17.4. The predicted molar refractivity (Wildman–Crippen MR) is 129 cm³/mol. The molecule has 0 radical (unpaired) electrons. The minimum Gasteiger partial charge on any atom is -0.507 e. The van der Waals surface area contributed by atoms with Gasteiger partial charge in [0, 0.05) is 23.7 Å². The zero-order valence-corrected chi connectivity index (χ0v) is 20.5. The minimum atomic E-state index is -0.801. The quantitative estimate of drug-likeness (QED) is 0.343. The summed E-state index contributed by atoms with van der Waals surface area (Å²) in [6, 6.07) is 9.57. The van der Waals surface area contributed by atoms with Crippen LogP contribution in [0.2, 0.25) is 0 Å². The van der Waals surface area contributed by atoms with Crippen LogP contribution in [-0.2, 0) is 9.59 Å². The third kappa shape index (κ3) is 4.87. The molecule has 1 amide bonds. The number of hydrogen-bond acceptors (Lipinski definition) is 7. The highest BCUT2D eigenvalue weighted by molar-refractivity contribution is 6.46.